The van der Waals surface area contributed by atoms with Crippen LogP contribution in [0.2, 0.25) is 0 Å². The predicted molar refractivity (Wildman–Crippen MR) is 112 cm³/mol. The van der Waals surface area contributed by atoms with Crippen LogP contribution >= 0.6 is 0 Å². The smallest absolute Gasteiger partial charge is 0.318 e. The molecule has 0 saturated carbocycles. The zero-order chi connectivity index (χ0) is 20.3. The second kappa shape index (κ2) is 8.09. The summed E-state index contributed by atoms with van der Waals surface area (Å²) in [5.74, 6) is -0.640. The molecule has 28 heavy (non-hydrogen) atoms. The van der Waals surface area contributed by atoms with E-state index in [0.29, 0.717) is 12.0 Å². The van der Waals surface area contributed by atoms with Crippen LogP contribution in [0.5, 0.6) is 0 Å². The summed E-state index contributed by atoms with van der Waals surface area (Å²) in [6.07, 6.45) is 2.90. The number of hydrogen-bond acceptors (Lipinski definition) is 4. The van der Waals surface area contributed by atoms with Gasteiger partial charge < -0.3 is 4.84 Å². The van der Waals surface area contributed by atoms with E-state index in [0.717, 1.165) is 12.8 Å². The number of carbonyl (C=O) groups is 2. The lowest BCUT2D eigenvalue weighted by Gasteiger charge is -2.29. The Labute approximate surface area is 166 Å². The number of hydrogen-bond donors (Lipinski definition) is 0. The van der Waals surface area contributed by atoms with Crippen molar-refractivity contribution in [3.05, 3.63) is 59.2 Å². The largest absolute Gasteiger partial charge is 0.335 e. The fraction of sp³-hybridized carbons (Fsp3) is 0.375. The first kappa shape index (κ1) is 20.0. The molecular weight excluding hydrogens is 350 g/mol. The molecule has 0 saturated heterocycles. The van der Waals surface area contributed by atoms with Gasteiger partial charge in [-0.25, -0.2) is 4.79 Å². The van der Waals surface area contributed by atoms with Gasteiger partial charge in [0, 0.05) is 17.4 Å². The molecule has 146 valence electrons. The maximum absolute atomic E-state index is 12.9. The van der Waals surface area contributed by atoms with Crippen LogP contribution in [0.4, 0.5) is 0 Å². The highest BCUT2D eigenvalue weighted by Gasteiger charge is 2.40. The Bertz CT molecular complexity index is 939. The Hall–Kier alpha value is -2.75. The van der Waals surface area contributed by atoms with Crippen LogP contribution in [0.25, 0.3) is 11.1 Å². The number of carbonyl (C=O) groups excluding carboxylic acids is 2. The highest BCUT2D eigenvalue weighted by Crippen LogP contribution is 2.52. The van der Waals surface area contributed by atoms with E-state index in [1.165, 1.54) is 22.3 Å². The Kier molecular flexibility index (Phi) is 5.78. The monoisotopic (exact) mass is 377 g/mol. The molecule has 0 atom stereocenters. The van der Waals surface area contributed by atoms with Crippen LogP contribution in [0.1, 0.15) is 74.9 Å². The Morgan fingerprint density at radius 2 is 1.64 bits per heavy atom. The molecule has 4 nitrogen and oxygen atoms in total. The Balaban J connectivity index is 1.98. The molecule has 2 aromatic rings. The van der Waals surface area contributed by atoms with Crippen molar-refractivity contribution in [2.45, 2.75) is 58.8 Å². The van der Waals surface area contributed by atoms with Gasteiger partial charge >= 0.3 is 5.97 Å². The zero-order valence-corrected chi connectivity index (χ0v) is 17.0. The minimum absolute atomic E-state index is 0.0825. The minimum Gasteiger partial charge on any atom is -0.318 e. The van der Waals surface area contributed by atoms with Crippen molar-refractivity contribution in [1.82, 2.24) is 0 Å². The SMILES string of the molecule is CCCC(=O)O/N=C(/C)C(=O)c1ccc2c(c1)C(CC)(CC)c1ccccc1-2. The van der Waals surface area contributed by atoms with Crippen molar-refractivity contribution in [3.8, 4) is 11.1 Å². The van der Waals surface area contributed by atoms with Gasteiger partial charge in [0.15, 0.2) is 0 Å². The minimum atomic E-state index is -0.421. The number of Topliss-reactive ketones (excluding diaryl/α,β-unsaturated/α-hetero) is 1. The van der Waals surface area contributed by atoms with Crippen molar-refractivity contribution in [3.63, 3.8) is 0 Å². The molecular formula is C24H27NO3. The van der Waals surface area contributed by atoms with E-state index in [-0.39, 0.29) is 23.3 Å². The second-order valence-electron chi connectivity index (χ2n) is 7.31. The number of oxime groups is 1. The zero-order valence-electron chi connectivity index (χ0n) is 17.0. The van der Waals surface area contributed by atoms with Gasteiger partial charge in [0.2, 0.25) is 5.78 Å². The van der Waals surface area contributed by atoms with Crippen LogP contribution < -0.4 is 0 Å². The Morgan fingerprint density at radius 1 is 0.964 bits per heavy atom. The van der Waals surface area contributed by atoms with E-state index in [9.17, 15) is 9.59 Å². The fourth-order valence-corrected chi connectivity index (χ4v) is 4.23. The maximum atomic E-state index is 12.9. The van der Waals surface area contributed by atoms with Crippen molar-refractivity contribution in [2.75, 3.05) is 0 Å². The average Bonchev–Trinajstić information content (AvgIpc) is 3.01. The molecule has 2 aromatic carbocycles. The van der Waals surface area contributed by atoms with E-state index in [1.807, 2.05) is 25.1 Å². The number of benzene rings is 2. The summed E-state index contributed by atoms with van der Waals surface area (Å²) in [5.41, 5.74) is 5.64. The predicted octanol–water partition coefficient (Wildman–Crippen LogP) is 5.68. The number of rotatable bonds is 7. The fourth-order valence-electron chi connectivity index (χ4n) is 4.23. The molecule has 0 amide bonds. The molecule has 0 aromatic heterocycles. The van der Waals surface area contributed by atoms with E-state index in [4.69, 9.17) is 4.84 Å². The molecule has 4 heteroatoms. The Morgan fingerprint density at radius 3 is 2.32 bits per heavy atom. The number of nitrogens with zero attached hydrogens (tertiary/aromatic N) is 1. The summed E-state index contributed by atoms with van der Waals surface area (Å²) in [6, 6.07) is 14.4. The van der Waals surface area contributed by atoms with Gasteiger partial charge in [-0.15, -0.1) is 0 Å². The van der Waals surface area contributed by atoms with E-state index in [2.05, 4.69) is 43.3 Å². The second-order valence-corrected chi connectivity index (χ2v) is 7.31. The van der Waals surface area contributed by atoms with Gasteiger partial charge in [-0.3, -0.25) is 4.79 Å². The molecule has 3 rings (SSSR count). The van der Waals surface area contributed by atoms with Crippen LogP contribution in [-0.4, -0.2) is 17.5 Å². The first-order valence-corrected chi connectivity index (χ1v) is 10.0. The third kappa shape index (κ3) is 3.28. The summed E-state index contributed by atoms with van der Waals surface area (Å²) >= 11 is 0. The number of fused-ring (bicyclic) bond motifs is 3. The third-order valence-corrected chi connectivity index (χ3v) is 5.80. The van der Waals surface area contributed by atoms with Crippen LogP contribution in [0.3, 0.4) is 0 Å². The normalized spacial score (nSPS) is 14.4. The molecule has 0 aliphatic heterocycles. The van der Waals surface area contributed by atoms with Gasteiger partial charge in [-0.05, 0) is 54.5 Å². The lowest BCUT2D eigenvalue weighted by Crippen LogP contribution is -2.23. The standard InChI is InChI=1S/C24H27NO3/c1-5-10-22(26)28-25-16(4)23(27)17-13-14-19-18-11-8-9-12-20(18)24(6-2,7-3)21(19)15-17/h8-9,11-15H,5-7,10H2,1-4H3/b25-16-. The molecule has 0 radical (unpaired) electrons. The topological polar surface area (TPSA) is 55.7 Å². The molecule has 0 heterocycles. The van der Waals surface area contributed by atoms with Gasteiger partial charge in [-0.1, -0.05) is 62.3 Å². The lowest BCUT2D eigenvalue weighted by atomic mass is 9.73. The highest BCUT2D eigenvalue weighted by atomic mass is 16.7. The van der Waals surface area contributed by atoms with Gasteiger partial charge in [0.05, 0.1) is 0 Å². The summed E-state index contributed by atoms with van der Waals surface area (Å²) in [5, 5.41) is 3.75. The summed E-state index contributed by atoms with van der Waals surface area (Å²) in [4.78, 5) is 29.2. The third-order valence-electron chi connectivity index (χ3n) is 5.80. The first-order chi connectivity index (χ1) is 13.5. The van der Waals surface area contributed by atoms with E-state index < -0.39 is 5.97 Å². The molecule has 0 spiro atoms. The average molecular weight is 377 g/mol. The maximum Gasteiger partial charge on any atom is 0.335 e. The molecule has 1 aliphatic carbocycles. The molecule has 1 aliphatic rings. The lowest BCUT2D eigenvalue weighted by molar-refractivity contribution is -0.143. The van der Waals surface area contributed by atoms with Crippen molar-refractivity contribution in [1.29, 1.82) is 0 Å². The summed E-state index contributed by atoms with van der Waals surface area (Å²) in [6.45, 7) is 7.86. The van der Waals surface area contributed by atoms with Gasteiger partial charge in [-0.2, -0.15) is 0 Å². The van der Waals surface area contributed by atoms with E-state index in [1.54, 1.807) is 6.92 Å². The summed E-state index contributed by atoms with van der Waals surface area (Å²) in [7, 11) is 0. The van der Waals surface area contributed by atoms with Crippen LogP contribution in [0, 0.1) is 0 Å². The number of ketones is 1. The quantitative estimate of drug-likeness (QED) is 0.270. The summed E-state index contributed by atoms with van der Waals surface area (Å²) < 4.78 is 0. The van der Waals surface area contributed by atoms with Crippen molar-refractivity contribution >= 4 is 17.5 Å². The first-order valence-electron chi connectivity index (χ1n) is 10.0. The molecule has 0 fully saturated rings. The van der Waals surface area contributed by atoms with E-state index >= 15 is 0 Å². The molecule has 0 N–H and O–H groups in total. The van der Waals surface area contributed by atoms with Gasteiger partial charge in [0.25, 0.3) is 0 Å². The molecule has 0 bridgehead atoms. The van der Waals surface area contributed by atoms with Crippen LogP contribution in [0.15, 0.2) is 47.6 Å². The van der Waals surface area contributed by atoms with Crippen molar-refractivity contribution < 1.29 is 14.4 Å². The van der Waals surface area contributed by atoms with Gasteiger partial charge in [0.1, 0.15) is 5.71 Å². The van der Waals surface area contributed by atoms with Crippen molar-refractivity contribution in [2.24, 2.45) is 5.16 Å². The highest BCUT2D eigenvalue weighted by molar-refractivity contribution is 6.45. The molecule has 0 unspecified atom stereocenters. The van der Waals surface area contributed by atoms with Crippen LogP contribution in [-0.2, 0) is 15.0 Å².